The summed E-state index contributed by atoms with van der Waals surface area (Å²) in [5.74, 6) is -0.325. The van der Waals surface area contributed by atoms with E-state index in [1.54, 1.807) is 57.2 Å². The first kappa shape index (κ1) is 41.4. The lowest BCUT2D eigenvalue weighted by molar-refractivity contribution is -0.141. The Morgan fingerprint density at radius 3 is 1.22 bits per heavy atom. The molecular formula is C39H44N4O12. The molecule has 1 heterocycles. The van der Waals surface area contributed by atoms with Crippen LogP contribution in [0.25, 0.3) is 34.2 Å². The monoisotopic (exact) mass is 760 g/mol. The summed E-state index contributed by atoms with van der Waals surface area (Å²) in [6, 6.07) is 9.58. The molecule has 0 fully saturated rings. The molecular weight excluding hydrogens is 716 g/mol. The van der Waals surface area contributed by atoms with Gasteiger partial charge in [-0.25, -0.2) is 15.0 Å². The zero-order chi connectivity index (χ0) is 40.1. The fourth-order valence-electron chi connectivity index (χ4n) is 5.41. The third-order valence-corrected chi connectivity index (χ3v) is 8.62. The zero-order valence-corrected chi connectivity index (χ0v) is 31.6. The standard InChI is InChI=1S/C39H44N4O12/c1-22-28(53-19-7-10-31(44)50-4)16-13-25(34(22)43-49)37-40-38(26-14-17-29(23(2)35(26)47)54-20-8-11-32(45)51-5)42-39(41-37)27-15-18-30(24(3)36(27)48)55-21-9-12-33(46)52-6/h13-18,47-48H,7-12,19-21H2,1-6H3. The number of nitrogens with zero attached hydrogens (tertiary/aromatic N) is 4. The van der Waals surface area contributed by atoms with Crippen LogP contribution in [0.4, 0.5) is 5.69 Å². The van der Waals surface area contributed by atoms with E-state index in [0.29, 0.717) is 53.2 Å². The molecule has 0 atom stereocenters. The van der Waals surface area contributed by atoms with Crippen LogP contribution in [0, 0.1) is 25.7 Å². The molecule has 0 amide bonds. The first-order valence-corrected chi connectivity index (χ1v) is 17.4. The van der Waals surface area contributed by atoms with E-state index < -0.39 is 0 Å². The number of nitroso groups, excluding NO2 is 1. The Morgan fingerprint density at radius 1 is 0.545 bits per heavy atom. The Kier molecular flexibility index (Phi) is 14.8. The molecule has 1 aromatic heterocycles. The molecule has 0 spiro atoms. The van der Waals surface area contributed by atoms with Crippen LogP contribution in [0.3, 0.4) is 0 Å². The van der Waals surface area contributed by atoms with Gasteiger partial charge in [0.1, 0.15) is 34.4 Å². The predicted octanol–water partition coefficient (Wildman–Crippen LogP) is 6.60. The summed E-state index contributed by atoms with van der Waals surface area (Å²) in [5, 5.41) is 26.1. The van der Waals surface area contributed by atoms with E-state index in [4.69, 9.17) is 14.2 Å². The summed E-state index contributed by atoms with van der Waals surface area (Å²) >= 11 is 0. The minimum Gasteiger partial charge on any atom is -0.507 e. The number of hydrogen-bond donors (Lipinski definition) is 2. The number of phenols is 2. The number of carbonyl (C=O) groups excluding carboxylic acids is 3. The first-order valence-electron chi connectivity index (χ1n) is 17.4. The quantitative estimate of drug-likeness (QED) is 0.0445. The van der Waals surface area contributed by atoms with Crippen molar-refractivity contribution >= 4 is 23.6 Å². The molecule has 16 heteroatoms. The largest absolute Gasteiger partial charge is 0.507 e. The van der Waals surface area contributed by atoms with E-state index in [9.17, 15) is 29.5 Å². The van der Waals surface area contributed by atoms with Crippen molar-refractivity contribution in [3.63, 3.8) is 0 Å². The number of rotatable bonds is 19. The maximum atomic E-state index is 12.3. The summed E-state index contributed by atoms with van der Waals surface area (Å²) < 4.78 is 31.5. The van der Waals surface area contributed by atoms with E-state index in [1.807, 2.05) is 0 Å². The van der Waals surface area contributed by atoms with Crippen molar-refractivity contribution in [2.45, 2.75) is 59.3 Å². The van der Waals surface area contributed by atoms with Crippen LogP contribution in [0.2, 0.25) is 0 Å². The SMILES string of the molecule is COC(=O)CCCOc1ccc(-c2nc(-c3ccc(OCCCC(=O)OC)c(C)c3O)nc(-c3ccc(OCCCC(=O)OC)c(C)c3N=O)n2)c(O)c1C. The third kappa shape index (κ3) is 10.4. The lowest BCUT2D eigenvalue weighted by atomic mass is 10.0. The molecule has 2 N–H and O–H groups in total. The van der Waals surface area contributed by atoms with E-state index in [1.165, 1.54) is 21.3 Å². The van der Waals surface area contributed by atoms with Gasteiger partial charge in [0.25, 0.3) is 0 Å². The van der Waals surface area contributed by atoms with Crippen molar-refractivity contribution in [1.29, 1.82) is 0 Å². The van der Waals surface area contributed by atoms with Crippen LogP contribution in [-0.4, -0.2) is 84.2 Å². The Hall–Kier alpha value is -6.32. The van der Waals surface area contributed by atoms with Gasteiger partial charge in [-0.3, -0.25) is 14.4 Å². The van der Waals surface area contributed by atoms with Gasteiger partial charge in [0, 0.05) is 41.5 Å². The van der Waals surface area contributed by atoms with E-state index >= 15 is 0 Å². The van der Waals surface area contributed by atoms with Crippen molar-refractivity contribution in [2.75, 3.05) is 41.2 Å². The average molecular weight is 761 g/mol. The highest BCUT2D eigenvalue weighted by Crippen LogP contribution is 2.42. The number of benzene rings is 3. The number of ether oxygens (including phenoxy) is 6. The molecule has 0 aliphatic heterocycles. The lowest BCUT2D eigenvalue weighted by Crippen LogP contribution is -2.06. The van der Waals surface area contributed by atoms with Gasteiger partial charge in [-0.15, -0.1) is 4.91 Å². The van der Waals surface area contributed by atoms with Gasteiger partial charge in [-0.1, -0.05) is 0 Å². The molecule has 0 aliphatic carbocycles. The highest BCUT2D eigenvalue weighted by atomic mass is 16.5. The van der Waals surface area contributed by atoms with E-state index in [2.05, 4.69) is 34.3 Å². The van der Waals surface area contributed by atoms with Gasteiger partial charge in [0.05, 0.1) is 52.3 Å². The number of aromatic hydroxyl groups is 2. The smallest absolute Gasteiger partial charge is 0.305 e. The van der Waals surface area contributed by atoms with Gasteiger partial charge in [-0.2, -0.15) is 0 Å². The molecule has 0 bridgehead atoms. The van der Waals surface area contributed by atoms with Crippen LogP contribution in [-0.2, 0) is 28.6 Å². The van der Waals surface area contributed by atoms with Gasteiger partial charge in [0.15, 0.2) is 17.5 Å². The van der Waals surface area contributed by atoms with Crippen molar-refractivity contribution in [1.82, 2.24) is 15.0 Å². The summed E-state index contributed by atoms with van der Waals surface area (Å²) in [5.41, 5.74) is 1.78. The summed E-state index contributed by atoms with van der Waals surface area (Å²) in [6.07, 6.45) is 1.69. The second-order valence-electron chi connectivity index (χ2n) is 12.2. The molecule has 0 saturated carbocycles. The number of aromatic nitrogens is 3. The number of hydrogen-bond acceptors (Lipinski definition) is 16. The molecule has 4 aromatic rings. The molecule has 55 heavy (non-hydrogen) atoms. The molecule has 4 rings (SSSR count). The molecule has 0 unspecified atom stereocenters. The molecule has 0 saturated heterocycles. The van der Waals surface area contributed by atoms with Crippen LogP contribution in [0.15, 0.2) is 41.6 Å². The van der Waals surface area contributed by atoms with Crippen molar-refractivity contribution in [3.8, 4) is 62.9 Å². The molecule has 292 valence electrons. The fraction of sp³-hybridized carbons (Fsp3) is 0.385. The van der Waals surface area contributed by atoms with Crippen molar-refractivity contribution in [3.05, 3.63) is 58.0 Å². The van der Waals surface area contributed by atoms with Gasteiger partial charge >= 0.3 is 17.9 Å². The van der Waals surface area contributed by atoms with Crippen LogP contribution in [0.5, 0.6) is 28.7 Å². The summed E-state index contributed by atoms with van der Waals surface area (Å²) in [4.78, 5) is 60.8. The number of phenolic OH excluding ortho intramolecular Hbond substituents is 2. The molecule has 0 radical (unpaired) electrons. The van der Waals surface area contributed by atoms with Gasteiger partial charge in [-0.05, 0) is 81.6 Å². The zero-order valence-electron chi connectivity index (χ0n) is 31.6. The highest BCUT2D eigenvalue weighted by molar-refractivity contribution is 5.80. The normalized spacial score (nSPS) is 10.7. The summed E-state index contributed by atoms with van der Waals surface area (Å²) in [7, 11) is 3.93. The number of esters is 3. The van der Waals surface area contributed by atoms with Crippen LogP contribution < -0.4 is 14.2 Å². The Balaban J connectivity index is 1.77. The Morgan fingerprint density at radius 2 is 0.873 bits per heavy atom. The molecule has 0 aliphatic rings. The second-order valence-corrected chi connectivity index (χ2v) is 12.2. The number of carbonyl (C=O) groups is 3. The van der Waals surface area contributed by atoms with Crippen LogP contribution >= 0.6 is 0 Å². The van der Waals surface area contributed by atoms with Crippen LogP contribution in [0.1, 0.15) is 55.2 Å². The maximum Gasteiger partial charge on any atom is 0.305 e. The summed E-state index contributed by atoms with van der Waals surface area (Å²) in [6.45, 7) is 5.53. The molecule has 3 aromatic carbocycles. The first-order chi connectivity index (χ1) is 26.4. The third-order valence-electron chi connectivity index (χ3n) is 8.62. The minimum absolute atomic E-state index is 0.00956. The van der Waals surface area contributed by atoms with Crippen molar-refractivity contribution in [2.24, 2.45) is 5.18 Å². The number of methoxy groups -OCH3 is 3. The highest BCUT2D eigenvalue weighted by Gasteiger charge is 2.23. The Bertz CT molecular complexity index is 1940. The van der Waals surface area contributed by atoms with Crippen molar-refractivity contribution < 1.29 is 53.0 Å². The minimum atomic E-state index is -0.370. The molecule has 16 nitrogen and oxygen atoms in total. The van der Waals surface area contributed by atoms with E-state index in [0.717, 1.165) is 0 Å². The lowest BCUT2D eigenvalue weighted by Gasteiger charge is -2.16. The van der Waals surface area contributed by atoms with Gasteiger partial charge in [0.2, 0.25) is 0 Å². The fourth-order valence-corrected chi connectivity index (χ4v) is 5.41. The second kappa shape index (κ2) is 19.7. The Labute approximate surface area is 317 Å². The topological polar surface area (TPSA) is 215 Å². The van der Waals surface area contributed by atoms with E-state index in [-0.39, 0.29) is 108 Å². The predicted molar refractivity (Wildman–Crippen MR) is 199 cm³/mol. The van der Waals surface area contributed by atoms with Gasteiger partial charge < -0.3 is 38.6 Å². The maximum absolute atomic E-state index is 12.3. The average Bonchev–Trinajstić information content (AvgIpc) is 3.19.